The molecule has 1 aromatic rings. The Hall–Kier alpha value is -0.890. The molecule has 18 heavy (non-hydrogen) atoms. The van der Waals surface area contributed by atoms with E-state index in [1.54, 1.807) is 0 Å². The molecule has 1 heterocycles. The van der Waals surface area contributed by atoms with E-state index >= 15 is 0 Å². The van der Waals surface area contributed by atoms with E-state index in [1.807, 2.05) is 0 Å². The molecule has 1 unspecified atom stereocenters. The first-order valence-electron chi connectivity index (χ1n) is 5.39. The van der Waals surface area contributed by atoms with Crippen molar-refractivity contribution in [3.05, 3.63) is 16.5 Å². The molecule has 1 atom stereocenters. The van der Waals surface area contributed by atoms with E-state index in [0.29, 0.717) is 16.3 Å². The van der Waals surface area contributed by atoms with Crippen LogP contribution in [0, 0.1) is 0 Å². The largest absolute Gasteiger partial charge is 0.416 e. The quantitative estimate of drug-likeness (QED) is 0.835. The first-order valence-corrected chi connectivity index (χ1v) is 6.18. The molecule has 1 saturated carbocycles. The highest BCUT2D eigenvalue weighted by atomic mass is 79.9. The second-order valence-electron chi connectivity index (χ2n) is 4.15. The minimum absolute atomic E-state index is 0.280. The van der Waals surface area contributed by atoms with Crippen molar-refractivity contribution < 1.29 is 18.3 Å². The number of aliphatic hydroxyl groups is 1. The van der Waals surface area contributed by atoms with Crippen LogP contribution in [0.2, 0.25) is 0 Å². The van der Waals surface area contributed by atoms with Crippen molar-refractivity contribution in [2.45, 2.75) is 31.0 Å². The van der Waals surface area contributed by atoms with Gasteiger partial charge in [0.05, 0.1) is 6.54 Å². The van der Waals surface area contributed by atoms with Gasteiger partial charge in [-0.1, -0.05) is 0 Å². The third-order valence-electron chi connectivity index (χ3n) is 2.51. The van der Waals surface area contributed by atoms with E-state index < -0.39 is 18.8 Å². The molecule has 100 valence electrons. The van der Waals surface area contributed by atoms with Crippen molar-refractivity contribution in [3.8, 4) is 0 Å². The minimum Gasteiger partial charge on any atom is -0.382 e. The summed E-state index contributed by atoms with van der Waals surface area (Å²) in [5.74, 6) is 1.20. The Morgan fingerprint density at radius 3 is 2.67 bits per heavy atom. The molecule has 1 aliphatic carbocycles. The predicted octanol–water partition coefficient (Wildman–Crippen LogP) is 2.45. The maximum absolute atomic E-state index is 12.1. The number of aliphatic hydroxyl groups excluding tert-OH is 1. The number of nitrogens with zero attached hydrogens (tertiary/aromatic N) is 2. The molecule has 4 nitrogen and oxygen atoms in total. The molecule has 1 aliphatic rings. The summed E-state index contributed by atoms with van der Waals surface area (Å²) in [6.07, 6.45) is -5.03. The lowest BCUT2D eigenvalue weighted by Gasteiger charge is -2.15. The van der Waals surface area contributed by atoms with Gasteiger partial charge in [-0.15, -0.1) is 0 Å². The van der Waals surface area contributed by atoms with E-state index in [4.69, 9.17) is 5.11 Å². The van der Waals surface area contributed by atoms with E-state index in [1.165, 1.54) is 6.07 Å². The van der Waals surface area contributed by atoms with Gasteiger partial charge < -0.3 is 10.4 Å². The smallest absolute Gasteiger partial charge is 0.382 e. The molecule has 0 aliphatic heterocycles. The van der Waals surface area contributed by atoms with Crippen LogP contribution in [0.25, 0.3) is 0 Å². The van der Waals surface area contributed by atoms with Gasteiger partial charge in [-0.2, -0.15) is 13.2 Å². The molecule has 0 spiro atoms. The third-order valence-corrected chi connectivity index (χ3v) is 2.92. The zero-order valence-electron chi connectivity index (χ0n) is 9.21. The maximum atomic E-state index is 12.1. The molecular weight excluding hydrogens is 315 g/mol. The van der Waals surface area contributed by atoms with E-state index in [9.17, 15) is 13.2 Å². The van der Waals surface area contributed by atoms with Gasteiger partial charge in [0.25, 0.3) is 0 Å². The van der Waals surface area contributed by atoms with Crippen LogP contribution in [-0.4, -0.2) is 33.9 Å². The molecule has 0 aromatic carbocycles. The first-order chi connectivity index (χ1) is 8.36. The van der Waals surface area contributed by atoms with Gasteiger partial charge in [0, 0.05) is 12.0 Å². The Bertz CT molecular complexity index is 437. The highest BCUT2D eigenvalue weighted by molar-refractivity contribution is 9.10. The summed E-state index contributed by atoms with van der Waals surface area (Å²) in [5, 5.41) is 11.3. The van der Waals surface area contributed by atoms with E-state index in [-0.39, 0.29) is 5.82 Å². The fourth-order valence-corrected chi connectivity index (χ4v) is 1.77. The molecule has 2 rings (SSSR count). The summed E-state index contributed by atoms with van der Waals surface area (Å²) in [6.45, 7) is -0.628. The van der Waals surface area contributed by atoms with Gasteiger partial charge in [-0.05, 0) is 28.8 Å². The monoisotopic (exact) mass is 325 g/mol. The molecule has 0 bridgehead atoms. The molecule has 2 N–H and O–H groups in total. The van der Waals surface area contributed by atoms with Crippen LogP contribution in [0.1, 0.15) is 24.6 Å². The maximum Gasteiger partial charge on any atom is 0.416 e. The highest BCUT2D eigenvalue weighted by Crippen LogP contribution is 2.38. The number of halogens is 4. The number of aromatic nitrogens is 2. The summed E-state index contributed by atoms with van der Waals surface area (Å²) in [5.41, 5.74) is 0. The van der Waals surface area contributed by atoms with Gasteiger partial charge >= 0.3 is 6.18 Å². The number of rotatable bonds is 4. The molecule has 1 aromatic heterocycles. The number of hydrogen-bond acceptors (Lipinski definition) is 4. The van der Waals surface area contributed by atoms with Gasteiger partial charge in [0.15, 0.2) is 6.10 Å². The van der Waals surface area contributed by atoms with Gasteiger partial charge in [-0.3, -0.25) is 0 Å². The Balaban J connectivity index is 2.00. The van der Waals surface area contributed by atoms with Crippen LogP contribution in [0.4, 0.5) is 19.0 Å². The normalized spacial score (nSPS) is 17.6. The number of nitrogens with one attached hydrogen (secondary N) is 1. The van der Waals surface area contributed by atoms with Crippen molar-refractivity contribution in [2.24, 2.45) is 0 Å². The Kier molecular flexibility index (Phi) is 3.76. The van der Waals surface area contributed by atoms with Crippen molar-refractivity contribution in [1.29, 1.82) is 0 Å². The lowest BCUT2D eigenvalue weighted by Crippen LogP contribution is -2.35. The first kappa shape index (κ1) is 13.5. The zero-order valence-corrected chi connectivity index (χ0v) is 10.8. The van der Waals surface area contributed by atoms with Gasteiger partial charge in [0.2, 0.25) is 0 Å². The van der Waals surface area contributed by atoms with Crippen LogP contribution in [-0.2, 0) is 0 Å². The summed E-state index contributed by atoms with van der Waals surface area (Å²) < 4.78 is 36.9. The second kappa shape index (κ2) is 5.00. The average Bonchev–Trinajstić information content (AvgIpc) is 3.07. The Labute approximate surface area is 110 Å². The van der Waals surface area contributed by atoms with Crippen LogP contribution >= 0.6 is 15.9 Å². The van der Waals surface area contributed by atoms with Crippen molar-refractivity contribution >= 4 is 21.7 Å². The summed E-state index contributed by atoms with van der Waals surface area (Å²) in [7, 11) is 0. The van der Waals surface area contributed by atoms with Crippen molar-refractivity contribution in [2.75, 3.05) is 11.9 Å². The molecule has 0 amide bonds. The highest BCUT2D eigenvalue weighted by Gasteiger charge is 2.38. The minimum atomic E-state index is -4.63. The lowest BCUT2D eigenvalue weighted by atomic mass is 10.3. The fourth-order valence-electron chi connectivity index (χ4n) is 1.37. The number of alkyl halides is 3. The topological polar surface area (TPSA) is 58.0 Å². The molecule has 1 fully saturated rings. The molecule has 0 saturated heterocycles. The van der Waals surface area contributed by atoms with Gasteiger partial charge in [-0.25, -0.2) is 9.97 Å². The van der Waals surface area contributed by atoms with Crippen LogP contribution in [0.5, 0.6) is 0 Å². The van der Waals surface area contributed by atoms with Crippen LogP contribution < -0.4 is 5.32 Å². The fraction of sp³-hybridized carbons (Fsp3) is 0.600. The van der Waals surface area contributed by atoms with E-state index in [2.05, 4.69) is 31.2 Å². The molecule has 8 heteroatoms. The summed E-state index contributed by atoms with van der Waals surface area (Å²) in [6, 6.07) is 1.48. The SMILES string of the molecule is OC(CNc1cc(Br)nc(C2CC2)n1)C(F)(F)F. The standard InChI is InChI=1S/C10H11BrF3N3O/c11-7-3-8(15-4-6(18)10(12,13)14)17-9(16-7)5-1-2-5/h3,5-6,18H,1-2,4H2,(H,15,16,17). The van der Waals surface area contributed by atoms with Gasteiger partial charge in [0.1, 0.15) is 16.2 Å². The molecular formula is C10H11BrF3N3O. The number of anilines is 1. The summed E-state index contributed by atoms with van der Waals surface area (Å²) in [4.78, 5) is 8.27. The predicted molar refractivity (Wildman–Crippen MR) is 62.3 cm³/mol. The van der Waals surface area contributed by atoms with Crippen molar-refractivity contribution in [1.82, 2.24) is 9.97 Å². The summed E-state index contributed by atoms with van der Waals surface area (Å²) >= 11 is 3.18. The van der Waals surface area contributed by atoms with Crippen LogP contribution in [0.3, 0.4) is 0 Å². The number of hydrogen-bond donors (Lipinski definition) is 2. The zero-order chi connectivity index (χ0) is 13.3. The average molecular weight is 326 g/mol. The van der Waals surface area contributed by atoms with Crippen LogP contribution in [0.15, 0.2) is 10.7 Å². The lowest BCUT2D eigenvalue weighted by molar-refractivity contribution is -0.198. The van der Waals surface area contributed by atoms with E-state index in [0.717, 1.165) is 12.8 Å². The second-order valence-corrected chi connectivity index (χ2v) is 4.96. The van der Waals surface area contributed by atoms with Crippen molar-refractivity contribution in [3.63, 3.8) is 0 Å². The molecule has 0 radical (unpaired) electrons. The third kappa shape index (κ3) is 3.55. The Morgan fingerprint density at radius 2 is 2.11 bits per heavy atom. The Morgan fingerprint density at radius 1 is 1.44 bits per heavy atom.